The summed E-state index contributed by atoms with van der Waals surface area (Å²) in [5.41, 5.74) is 1.19. The van der Waals surface area contributed by atoms with E-state index in [1.807, 2.05) is 25.2 Å². The lowest BCUT2D eigenvalue weighted by Gasteiger charge is -2.12. The number of hydrogen-bond donors (Lipinski definition) is 0. The van der Waals surface area contributed by atoms with E-state index in [-0.39, 0.29) is 10.8 Å². The highest BCUT2D eigenvalue weighted by Crippen LogP contribution is 2.19. The highest BCUT2D eigenvalue weighted by Gasteiger charge is 2.13. The molecule has 0 spiro atoms. The Kier molecular flexibility index (Phi) is 2.20. The molecule has 2 unspecified atom stereocenters. The molecule has 0 aromatic heterocycles. The molecule has 50 valence electrons. The van der Waals surface area contributed by atoms with Crippen LogP contribution in [0.4, 0.5) is 0 Å². The zero-order chi connectivity index (χ0) is 6.85. The van der Waals surface area contributed by atoms with Crippen LogP contribution in [0, 0.1) is 0 Å². The Morgan fingerprint density at radius 1 is 1.33 bits per heavy atom. The Hall–Kier alpha value is 0.0600. The second kappa shape index (κ2) is 2.76. The van der Waals surface area contributed by atoms with E-state index in [1.165, 1.54) is 5.57 Å². The summed E-state index contributed by atoms with van der Waals surface area (Å²) in [7, 11) is 0. The minimum atomic E-state index is -0.0321. The summed E-state index contributed by atoms with van der Waals surface area (Å²) in [6, 6.07) is 0. The first kappa shape index (κ1) is 7.17. The standard InChI is InChI=1S/C7H8Cl2/c1-5-2-3-6(8)7(9)4-5/h2-4,6-7H,1H3. The lowest BCUT2D eigenvalue weighted by molar-refractivity contribution is 1.03. The second-order valence-electron chi connectivity index (χ2n) is 2.16. The molecule has 0 saturated heterocycles. The molecule has 0 amide bonds. The molecule has 1 rings (SSSR count). The number of rotatable bonds is 0. The van der Waals surface area contributed by atoms with Gasteiger partial charge >= 0.3 is 0 Å². The second-order valence-corrected chi connectivity index (χ2v) is 3.17. The fourth-order valence-electron chi connectivity index (χ4n) is 0.748. The van der Waals surface area contributed by atoms with E-state index >= 15 is 0 Å². The molecule has 9 heavy (non-hydrogen) atoms. The van der Waals surface area contributed by atoms with Crippen LogP contribution in [0.3, 0.4) is 0 Å². The molecular weight excluding hydrogens is 155 g/mol. The van der Waals surface area contributed by atoms with Crippen LogP contribution >= 0.6 is 23.2 Å². The van der Waals surface area contributed by atoms with Gasteiger partial charge in [0.15, 0.2) is 0 Å². The van der Waals surface area contributed by atoms with E-state index in [2.05, 4.69) is 0 Å². The van der Waals surface area contributed by atoms with Crippen LogP contribution < -0.4 is 0 Å². The molecule has 0 bridgehead atoms. The largest absolute Gasteiger partial charge is 0.116 e. The van der Waals surface area contributed by atoms with Crippen LogP contribution in [0.15, 0.2) is 23.8 Å². The van der Waals surface area contributed by atoms with Gasteiger partial charge < -0.3 is 0 Å². The predicted octanol–water partition coefficient (Wildman–Crippen LogP) is 2.72. The number of allylic oxidation sites excluding steroid dienone is 4. The Labute approximate surface area is 65.2 Å². The summed E-state index contributed by atoms with van der Waals surface area (Å²) < 4.78 is 0. The van der Waals surface area contributed by atoms with Crippen molar-refractivity contribution in [1.82, 2.24) is 0 Å². The number of alkyl halides is 2. The molecule has 0 N–H and O–H groups in total. The third-order valence-electron chi connectivity index (χ3n) is 1.27. The fourth-order valence-corrected chi connectivity index (χ4v) is 1.18. The molecule has 0 fully saturated rings. The minimum Gasteiger partial charge on any atom is -0.116 e. The summed E-state index contributed by atoms with van der Waals surface area (Å²) >= 11 is 11.6. The van der Waals surface area contributed by atoms with Crippen molar-refractivity contribution in [1.29, 1.82) is 0 Å². The van der Waals surface area contributed by atoms with E-state index in [1.54, 1.807) is 0 Å². The average molecular weight is 163 g/mol. The molecule has 0 radical (unpaired) electrons. The first-order chi connectivity index (χ1) is 4.20. The van der Waals surface area contributed by atoms with Crippen LogP contribution in [-0.4, -0.2) is 10.8 Å². The van der Waals surface area contributed by atoms with Gasteiger partial charge in [0.2, 0.25) is 0 Å². The van der Waals surface area contributed by atoms with E-state index in [4.69, 9.17) is 23.2 Å². The molecule has 0 aromatic rings. The first-order valence-corrected chi connectivity index (χ1v) is 3.72. The molecule has 0 aliphatic heterocycles. The Balaban J connectivity index is 2.70. The molecule has 2 heteroatoms. The van der Waals surface area contributed by atoms with Crippen LogP contribution in [-0.2, 0) is 0 Å². The third kappa shape index (κ3) is 1.74. The quantitative estimate of drug-likeness (QED) is 0.481. The van der Waals surface area contributed by atoms with Gasteiger partial charge in [-0.2, -0.15) is 0 Å². The summed E-state index contributed by atoms with van der Waals surface area (Å²) in [5.74, 6) is 0. The SMILES string of the molecule is CC1=CC(Cl)C(Cl)C=C1. The van der Waals surface area contributed by atoms with Crippen LogP contribution in [0.2, 0.25) is 0 Å². The zero-order valence-corrected chi connectivity index (χ0v) is 6.65. The summed E-state index contributed by atoms with van der Waals surface area (Å²) in [6.45, 7) is 2.01. The van der Waals surface area contributed by atoms with Gasteiger partial charge in [0.05, 0.1) is 10.8 Å². The van der Waals surface area contributed by atoms with Gasteiger partial charge in [-0.15, -0.1) is 23.2 Å². The molecule has 2 atom stereocenters. The van der Waals surface area contributed by atoms with Gasteiger partial charge in [-0.05, 0) is 6.92 Å². The molecule has 0 saturated carbocycles. The van der Waals surface area contributed by atoms with Crippen molar-refractivity contribution in [3.8, 4) is 0 Å². The maximum absolute atomic E-state index is 5.80. The molecule has 1 aliphatic rings. The summed E-state index contributed by atoms with van der Waals surface area (Å²) in [4.78, 5) is 0. The molecule has 0 aromatic carbocycles. The van der Waals surface area contributed by atoms with E-state index in [9.17, 15) is 0 Å². The summed E-state index contributed by atoms with van der Waals surface area (Å²) in [5, 5.41) is -0.0629. The van der Waals surface area contributed by atoms with Gasteiger partial charge in [0, 0.05) is 0 Å². The van der Waals surface area contributed by atoms with Crippen molar-refractivity contribution in [2.75, 3.05) is 0 Å². The molecule has 0 nitrogen and oxygen atoms in total. The van der Waals surface area contributed by atoms with Crippen molar-refractivity contribution < 1.29 is 0 Å². The van der Waals surface area contributed by atoms with Crippen molar-refractivity contribution in [3.05, 3.63) is 23.8 Å². The average Bonchev–Trinajstić information content (AvgIpc) is 1.80. The van der Waals surface area contributed by atoms with Gasteiger partial charge in [0.25, 0.3) is 0 Å². The lowest BCUT2D eigenvalue weighted by atomic mass is 10.1. The highest BCUT2D eigenvalue weighted by atomic mass is 35.5. The van der Waals surface area contributed by atoms with Gasteiger partial charge in [-0.25, -0.2) is 0 Å². The maximum atomic E-state index is 5.80. The zero-order valence-electron chi connectivity index (χ0n) is 5.14. The van der Waals surface area contributed by atoms with Crippen molar-refractivity contribution in [2.45, 2.75) is 17.7 Å². The number of hydrogen-bond acceptors (Lipinski definition) is 0. The number of halogens is 2. The third-order valence-corrected chi connectivity index (χ3v) is 2.21. The van der Waals surface area contributed by atoms with Crippen molar-refractivity contribution in [3.63, 3.8) is 0 Å². The Bertz CT molecular complexity index is 158. The minimum absolute atomic E-state index is 0.0309. The molecular formula is C7H8Cl2. The summed E-state index contributed by atoms with van der Waals surface area (Å²) in [6.07, 6.45) is 5.85. The lowest BCUT2D eigenvalue weighted by Crippen LogP contribution is -2.12. The molecule has 1 aliphatic carbocycles. The van der Waals surface area contributed by atoms with Crippen molar-refractivity contribution in [2.24, 2.45) is 0 Å². The van der Waals surface area contributed by atoms with Gasteiger partial charge in [-0.3, -0.25) is 0 Å². The monoisotopic (exact) mass is 162 g/mol. The maximum Gasteiger partial charge on any atom is 0.0720 e. The van der Waals surface area contributed by atoms with Crippen LogP contribution in [0.1, 0.15) is 6.92 Å². The topological polar surface area (TPSA) is 0 Å². The smallest absolute Gasteiger partial charge is 0.0720 e. The molecule has 0 heterocycles. The van der Waals surface area contributed by atoms with Crippen LogP contribution in [0.5, 0.6) is 0 Å². The first-order valence-electron chi connectivity index (χ1n) is 2.85. The van der Waals surface area contributed by atoms with E-state index in [0.29, 0.717) is 0 Å². The van der Waals surface area contributed by atoms with Crippen LogP contribution in [0.25, 0.3) is 0 Å². The predicted molar refractivity (Wildman–Crippen MR) is 42.2 cm³/mol. The van der Waals surface area contributed by atoms with E-state index in [0.717, 1.165) is 0 Å². The normalized spacial score (nSPS) is 34.3. The Morgan fingerprint density at radius 3 is 2.44 bits per heavy atom. The highest BCUT2D eigenvalue weighted by molar-refractivity contribution is 6.31. The van der Waals surface area contributed by atoms with Gasteiger partial charge in [-0.1, -0.05) is 23.8 Å². The van der Waals surface area contributed by atoms with Gasteiger partial charge in [0.1, 0.15) is 0 Å². The fraction of sp³-hybridized carbons (Fsp3) is 0.429. The van der Waals surface area contributed by atoms with E-state index < -0.39 is 0 Å². The Morgan fingerprint density at radius 2 is 2.00 bits per heavy atom. The van der Waals surface area contributed by atoms with Crippen molar-refractivity contribution >= 4 is 23.2 Å².